The highest BCUT2D eigenvalue weighted by molar-refractivity contribution is 9.10. The predicted octanol–water partition coefficient (Wildman–Crippen LogP) is 2.92. The van der Waals surface area contributed by atoms with Gasteiger partial charge in [0.1, 0.15) is 5.82 Å². The maximum atomic E-state index is 13.5. The fourth-order valence-electron chi connectivity index (χ4n) is 2.29. The Morgan fingerprint density at radius 1 is 1.50 bits per heavy atom. The highest BCUT2D eigenvalue weighted by Gasteiger charge is 2.33. The molecule has 22 heavy (non-hydrogen) atoms. The molecule has 0 aliphatic carbocycles. The Balaban J connectivity index is 2.28. The number of hydrogen-bond acceptors (Lipinski definition) is 4. The highest BCUT2D eigenvalue weighted by Crippen LogP contribution is 2.33. The number of hydrogen-bond donors (Lipinski definition) is 1. The Morgan fingerprint density at radius 2 is 2.18 bits per heavy atom. The van der Waals surface area contributed by atoms with E-state index in [1.54, 1.807) is 0 Å². The van der Waals surface area contributed by atoms with Gasteiger partial charge in [0.25, 0.3) is 0 Å². The summed E-state index contributed by atoms with van der Waals surface area (Å²) >= 11 is 4.15. The molecule has 0 bridgehead atoms. The molecule has 0 radical (unpaired) electrons. The van der Waals surface area contributed by atoms with E-state index in [-0.39, 0.29) is 39.1 Å². The third kappa shape index (κ3) is 3.67. The van der Waals surface area contributed by atoms with Crippen molar-refractivity contribution in [3.8, 4) is 0 Å². The lowest BCUT2D eigenvalue weighted by Crippen LogP contribution is -2.27. The maximum Gasteiger partial charge on any atom is 0.337 e. The fourth-order valence-corrected chi connectivity index (χ4v) is 3.32. The molecule has 8 heteroatoms. The minimum Gasteiger partial charge on any atom is -0.478 e. The molecule has 1 saturated heterocycles. The molecule has 2 rings (SSSR count). The molecular weight excluding hydrogens is 377 g/mol. The molecule has 0 saturated carbocycles. The van der Waals surface area contributed by atoms with E-state index in [0.29, 0.717) is 12.3 Å². The van der Waals surface area contributed by atoms with Gasteiger partial charge in [-0.3, -0.25) is 9.59 Å². The van der Waals surface area contributed by atoms with Crippen molar-refractivity contribution >= 4 is 50.4 Å². The molecule has 1 aliphatic heterocycles. The van der Waals surface area contributed by atoms with E-state index in [9.17, 15) is 23.9 Å². The van der Waals surface area contributed by atoms with Crippen LogP contribution in [0.1, 0.15) is 23.7 Å². The van der Waals surface area contributed by atoms with Crippen LogP contribution in [-0.4, -0.2) is 34.4 Å². The number of anilines is 1. The van der Waals surface area contributed by atoms with Crippen molar-refractivity contribution in [2.75, 3.05) is 17.2 Å². The summed E-state index contributed by atoms with van der Waals surface area (Å²) in [6, 6.07) is 2.20. The molecule has 1 atom stereocenters. The topological polar surface area (TPSA) is 74.7 Å². The number of carbonyl (C=O) groups excluding carboxylic acids is 2. The summed E-state index contributed by atoms with van der Waals surface area (Å²) in [7, 11) is 0. The molecule has 0 spiro atoms. The summed E-state index contributed by atoms with van der Waals surface area (Å²) in [5, 5.41) is 9.17. The third-order valence-electron chi connectivity index (χ3n) is 3.29. The largest absolute Gasteiger partial charge is 0.478 e. The van der Waals surface area contributed by atoms with Gasteiger partial charge in [0.2, 0.25) is 5.91 Å². The summed E-state index contributed by atoms with van der Waals surface area (Å²) in [6.45, 7) is 1.77. The van der Waals surface area contributed by atoms with Gasteiger partial charge in [-0.05, 0) is 34.0 Å². The minimum absolute atomic E-state index is 0.0262. The van der Waals surface area contributed by atoms with Gasteiger partial charge in [0.05, 0.1) is 15.7 Å². The summed E-state index contributed by atoms with van der Waals surface area (Å²) in [5.74, 6) is -1.75. The molecule has 1 aliphatic rings. The number of carbonyl (C=O) groups is 3. The second-order valence-electron chi connectivity index (χ2n) is 4.97. The minimum atomic E-state index is -1.30. The second kappa shape index (κ2) is 6.78. The summed E-state index contributed by atoms with van der Waals surface area (Å²) < 4.78 is 13.6. The van der Waals surface area contributed by atoms with Crippen LogP contribution in [0.4, 0.5) is 10.1 Å². The van der Waals surface area contributed by atoms with Gasteiger partial charge in [-0.1, -0.05) is 11.8 Å². The molecule has 1 fully saturated rings. The van der Waals surface area contributed by atoms with Crippen LogP contribution in [0.3, 0.4) is 0 Å². The molecule has 1 heterocycles. The van der Waals surface area contributed by atoms with Crippen molar-refractivity contribution in [3.05, 3.63) is 28.0 Å². The Kier molecular flexibility index (Phi) is 5.23. The smallest absolute Gasteiger partial charge is 0.337 e. The monoisotopic (exact) mass is 389 g/mol. The van der Waals surface area contributed by atoms with Crippen LogP contribution < -0.4 is 4.90 Å². The van der Waals surface area contributed by atoms with Gasteiger partial charge in [-0.15, -0.1) is 0 Å². The van der Waals surface area contributed by atoms with Crippen LogP contribution in [0.15, 0.2) is 16.6 Å². The fraction of sp³-hybridized carbons (Fsp3) is 0.357. The van der Waals surface area contributed by atoms with E-state index in [1.165, 1.54) is 17.9 Å². The van der Waals surface area contributed by atoms with Gasteiger partial charge in [-0.25, -0.2) is 9.18 Å². The van der Waals surface area contributed by atoms with Crippen molar-refractivity contribution in [1.29, 1.82) is 0 Å². The lowest BCUT2D eigenvalue weighted by atomic mass is 10.1. The molecule has 5 nitrogen and oxygen atoms in total. The van der Waals surface area contributed by atoms with E-state index in [0.717, 1.165) is 17.8 Å². The number of carboxylic acids is 1. The number of carboxylic acid groups (broad SMARTS) is 1. The van der Waals surface area contributed by atoms with Crippen LogP contribution in [-0.2, 0) is 9.59 Å². The van der Waals surface area contributed by atoms with E-state index in [4.69, 9.17) is 0 Å². The number of amides is 1. The Bertz CT molecular complexity index is 652. The quantitative estimate of drug-likeness (QED) is 0.856. The van der Waals surface area contributed by atoms with Crippen LogP contribution in [0.2, 0.25) is 0 Å². The standard InChI is InChI=1S/C14H13BrFNO4S/c1-7(18)22-6-8-2-13(19)17(5-8)12-4-10(15)11(16)3-9(12)14(20)21/h3-4,8H,2,5-6H2,1H3,(H,20,21). The number of nitrogens with zero attached hydrogens (tertiary/aromatic N) is 1. The molecule has 1 aromatic rings. The Hall–Kier alpha value is -1.41. The Morgan fingerprint density at radius 3 is 2.77 bits per heavy atom. The SMILES string of the molecule is CC(=O)SCC1CC(=O)N(c2cc(Br)c(F)cc2C(=O)O)C1. The van der Waals surface area contributed by atoms with Crippen LogP contribution in [0.5, 0.6) is 0 Å². The van der Waals surface area contributed by atoms with Crippen molar-refractivity contribution in [3.63, 3.8) is 0 Å². The number of rotatable bonds is 4. The first-order valence-corrected chi connectivity index (χ1v) is 8.23. The molecule has 1 N–H and O–H groups in total. The van der Waals surface area contributed by atoms with Crippen LogP contribution in [0, 0.1) is 11.7 Å². The number of thioether (sulfide) groups is 1. The van der Waals surface area contributed by atoms with E-state index >= 15 is 0 Å². The lowest BCUT2D eigenvalue weighted by Gasteiger charge is -2.19. The number of benzene rings is 1. The average Bonchev–Trinajstić information content (AvgIpc) is 2.80. The zero-order valence-electron chi connectivity index (χ0n) is 11.6. The summed E-state index contributed by atoms with van der Waals surface area (Å²) in [4.78, 5) is 35.8. The van der Waals surface area contributed by atoms with Gasteiger partial charge in [0, 0.05) is 25.6 Å². The van der Waals surface area contributed by atoms with Gasteiger partial charge in [0.15, 0.2) is 5.12 Å². The third-order valence-corrected chi connectivity index (χ3v) is 4.94. The van der Waals surface area contributed by atoms with E-state index in [1.807, 2.05) is 0 Å². The van der Waals surface area contributed by atoms with E-state index < -0.39 is 11.8 Å². The summed E-state index contributed by atoms with van der Waals surface area (Å²) in [6.07, 6.45) is 0.244. The molecular formula is C14H13BrFNO4S. The molecule has 1 unspecified atom stereocenters. The maximum absolute atomic E-state index is 13.5. The van der Waals surface area contributed by atoms with Crippen LogP contribution >= 0.6 is 27.7 Å². The molecule has 0 aromatic heterocycles. The number of aromatic carboxylic acids is 1. The Labute approximate surface area is 139 Å². The second-order valence-corrected chi connectivity index (χ2v) is 7.02. The zero-order valence-corrected chi connectivity index (χ0v) is 14.0. The van der Waals surface area contributed by atoms with Crippen LogP contribution in [0.25, 0.3) is 0 Å². The normalized spacial score (nSPS) is 17.9. The first-order chi connectivity index (χ1) is 10.3. The van der Waals surface area contributed by atoms with E-state index in [2.05, 4.69) is 15.9 Å². The van der Waals surface area contributed by atoms with Gasteiger partial charge < -0.3 is 10.0 Å². The van der Waals surface area contributed by atoms with Crippen molar-refractivity contribution in [2.45, 2.75) is 13.3 Å². The summed E-state index contributed by atoms with van der Waals surface area (Å²) in [5.41, 5.74) is -0.0879. The predicted molar refractivity (Wildman–Crippen MR) is 84.7 cm³/mol. The molecule has 1 aromatic carbocycles. The molecule has 1 amide bonds. The highest BCUT2D eigenvalue weighted by atomic mass is 79.9. The lowest BCUT2D eigenvalue weighted by molar-refractivity contribution is -0.117. The zero-order chi connectivity index (χ0) is 16.4. The molecule has 118 valence electrons. The van der Waals surface area contributed by atoms with Crippen molar-refractivity contribution < 1.29 is 23.9 Å². The average molecular weight is 390 g/mol. The first kappa shape index (κ1) is 17.0. The number of halogens is 2. The van der Waals surface area contributed by atoms with Gasteiger partial charge in [-0.2, -0.15) is 0 Å². The van der Waals surface area contributed by atoms with Gasteiger partial charge >= 0.3 is 5.97 Å². The van der Waals surface area contributed by atoms with Crippen molar-refractivity contribution in [2.24, 2.45) is 5.92 Å². The van der Waals surface area contributed by atoms with Crippen molar-refractivity contribution in [1.82, 2.24) is 0 Å². The first-order valence-electron chi connectivity index (χ1n) is 6.45.